The molecule has 0 radical (unpaired) electrons. The van der Waals surface area contributed by atoms with Crippen molar-refractivity contribution >= 4 is 22.7 Å². The maximum atomic E-state index is 10.2. The van der Waals surface area contributed by atoms with E-state index in [2.05, 4.69) is 5.16 Å². The van der Waals surface area contributed by atoms with Gasteiger partial charge in [-0.05, 0) is 6.92 Å². The van der Waals surface area contributed by atoms with Crippen LogP contribution in [0.5, 0.6) is 0 Å². The van der Waals surface area contributed by atoms with Crippen LogP contribution >= 0.6 is 11.8 Å². The Morgan fingerprint density at radius 1 is 1.80 bits per heavy atom. The smallest absolute Gasteiger partial charge is 0.218 e. The molecule has 0 heterocycles. The van der Waals surface area contributed by atoms with Gasteiger partial charge in [0.2, 0.25) is 5.91 Å². The summed E-state index contributed by atoms with van der Waals surface area (Å²) >= 11 is 1.30. The molecule has 0 aromatic heterocycles. The van der Waals surface area contributed by atoms with Crippen molar-refractivity contribution in [2.75, 3.05) is 5.75 Å². The molecule has 3 N–H and O–H groups in total. The van der Waals surface area contributed by atoms with E-state index in [0.717, 1.165) is 0 Å². The average molecular weight is 162 g/mol. The van der Waals surface area contributed by atoms with Gasteiger partial charge in [0.15, 0.2) is 0 Å². The number of oxime groups is 1. The molecule has 0 unspecified atom stereocenters. The molecule has 5 heteroatoms. The molecule has 0 aliphatic rings. The maximum Gasteiger partial charge on any atom is 0.218 e. The lowest BCUT2D eigenvalue weighted by atomic mass is 10.5. The molecule has 0 spiro atoms. The quantitative estimate of drug-likeness (QED) is 0.273. The van der Waals surface area contributed by atoms with Crippen molar-refractivity contribution in [2.45, 2.75) is 13.3 Å². The molecule has 0 fully saturated rings. The minimum Gasteiger partial charge on any atom is -0.410 e. The van der Waals surface area contributed by atoms with E-state index in [-0.39, 0.29) is 5.91 Å². The van der Waals surface area contributed by atoms with Gasteiger partial charge in [-0.1, -0.05) is 5.16 Å². The zero-order valence-corrected chi connectivity index (χ0v) is 6.52. The minimum atomic E-state index is -0.335. The third-order valence-electron chi connectivity index (χ3n) is 0.800. The van der Waals surface area contributed by atoms with Crippen LogP contribution in [0.25, 0.3) is 0 Å². The Kier molecular flexibility index (Phi) is 4.74. The van der Waals surface area contributed by atoms with Gasteiger partial charge in [0, 0.05) is 12.2 Å². The molecule has 0 atom stereocenters. The maximum absolute atomic E-state index is 10.2. The Balaban J connectivity index is 3.29. The Labute approximate surface area is 63.5 Å². The third kappa shape index (κ3) is 5.43. The van der Waals surface area contributed by atoms with E-state index in [9.17, 15) is 4.79 Å². The number of rotatable bonds is 3. The third-order valence-corrected chi connectivity index (χ3v) is 1.71. The fourth-order valence-electron chi connectivity index (χ4n) is 0.328. The molecule has 0 aromatic rings. The molecule has 0 aromatic carbocycles. The van der Waals surface area contributed by atoms with Crippen LogP contribution in [0.4, 0.5) is 0 Å². The van der Waals surface area contributed by atoms with Crippen LogP contribution in [-0.2, 0) is 4.79 Å². The summed E-state index contributed by atoms with van der Waals surface area (Å²) in [6.07, 6.45) is 0.317. The van der Waals surface area contributed by atoms with Crippen molar-refractivity contribution in [3.05, 3.63) is 0 Å². The highest BCUT2D eigenvalue weighted by atomic mass is 32.2. The highest BCUT2D eigenvalue weighted by Gasteiger charge is 1.96. The molecule has 0 aliphatic heterocycles. The minimum absolute atomic E-state index is 0.317. The fraction of sp³-hybridized carbons (Fsp3) is 0.600. The number of carbonyl (C=O) groups excluding carboxylic acids is 1. The van der Waals surface area contributed by atoms with Gasteiger partial charge >= 0.3 is 0 Å². The molecular formula is C5H10N2O2S. The van der Waals surface area contributed by atoms with Crippen LogP contribution in [-0.4, -0.2) is 21.9 Å². The highest BCUT2D eigenvalue weighted by molar-refractivity contribution is 8.13. The van der Waals surface area contributed by atoms with Gasteiger partial charge in [-0.25, -0.2) is 0 Å². The summed E-state index contributed by atoms with van der Waals surface area (Å²) < 4.78 is 0. The molecule has 0 rings (SSSR count). The molecule has 0 bridgehead atoms. The lowest BCUT2D eigenvalue weighted by Gasteiger charge is -1.94. The average Bonchev–Trinajstić information content (AvgIpc) is 1.87. The zero-order valence-electron chi connectivity index (χ0n) is 5.70. The van der Waals surface area contributed by atoms with Gasteiger partial charge in [-0.15, -0.1) is 11.8 Å². The van der Waals surface area contributed by atoms with Crippen molar-refractivity contribution in [1.29, 1.82) is 0 Å². The van der Waals surface area contributed by atoms with Crippen LogP contribution in [0.3, 0.4) is 0 Å². The molecule has 0 aliphatic carbocycles. The van der Waals surface area contributed by atoms with E-state index in [1.54, 1.807) is 6.92 Å². The van der Waals surface area contributed by atoms with E-state index in [1.807, 2.05) is 0 Å². The summed E-state index contributed by atoms with van der Waals surface area (Å²) in [4.78, 5) is 10.2. The summed E-state index contributed by atoms with van der Waals surface area (Å²) in [6, 6.07) is 0. The van der Waals surface area contributed by atoms with E-state index in [0.29, 0.717) is 17.2 Å². The number of nitrogens with zero attached hydrogens (tertiary/aromatic N) is 1. The van der Waals surface area contributed by atoms with Gasteiger partial charge in [0.1, 0.15) is 5.04 Å². The van der Waals surface area contributed by atoms with Crippen molar-refractivity contribution < 1.29 is 10.0 Å². The molecule has 10 heavy (non-hydrogen) atoms. The monoisotopic (exact) mass is 162 g/mol. The lowest BCUT2D eigenvalue weighted by Crippen LogP contribution is -2.11. The SMILES string of the molecule is CC(=NO)SCCC(N)=O. The molecule has 0 saturated heterocycles. The first-order chi connectivity index (χ1) is 4.66. The highest BCUT2D eigenvalue weighted by Crippen LogP contribution is 2.03. The first-order valence-electron chi connectivity index (χ1n) is 2.76. The summed E-state index contributed by atoms with van der Waals surface area (Å²) in [6.45, 7) is 1.66. The second-order valence-corrected chi connectivity index (χ2v) is 2.97. The van der Waals surface area contributed by atoms with Crippen LogP contribution in [0.15, 0.2) is 5.16 Å². The molecule has 0 saturated carbocycles. The number of hydrogen-bond donors (Lipinski definition) is 2. The van der Waals surface area contributed by atoms with Crippen LogP contribution < -0.4 is 5.73 Å². The first-order valence-corrected chi connectivity index (χ1v) is 3.75. The Morgan fingerprint density at radius 3 is 2.80 bits per heavy atom. The standard InChI is InChI=1S/C5H10N2O2S/c1-4(7-9)10-3-2-5(6)8/h9H,2-3H2,1H3,(H2,6,8). The van der Waals surface area contributed by atoms with Crippen LogP contribution in [0.1, 0.15) is 13.3 Å². The van der Waals surface area contributed by atoms with Crippen molar-refractivity contribution in [3.63, 3.8) is 0 Å². The summed E-state index contributed by atoms with van der Waals surface area (Å²) in [5.41, 5.74) is 4.87. The number of primary amides is 1. The Bertz CT molecular complexity index is 147. The molecule has 4 nitrogen and oxygen atoms in total. The van der Waals surface area contributed by atoms with Gasteiger partial charge < -0.3 is 10.9 Å². The summed E-state index contributed by atoms with van der Waals surface area (Å²) in [7, 11) is 0. The van der Waals surface area contributed by atoms with Crippen molar-refractivity contribution in [3.8, 4) is 0 Å². The van der Waals surface area contributed by atoms with Gasteiger partial charge in [-0.2, -0.15) is 0 Å². The van der Waals surface area contributed by atoms with Crippen LogP contribution in [0, 0.1) is 0 Å². The number of hydrogen-bond acceptors (Lipinski definition) is 4. The van der Waals surface area contributed by atoms with E-state index >= 15 is 0 Å². The molecule has 1 amide bonds. The predicted octanol–water partition coefficient (Wildman–Crippen LogP) is 0.403. The topological polar surface area (TPSA) is 75.7 Å². The number of thioether (sulfide) groups is 1. The number of carbonyl (C=O) groups is 1. The van der Waals surface area contributed by atoms with Gasteiger partial charge in [-0.3, -0.25) is 4.79 Å². The Morgan fingerprint density at radius 2 is 2.40 bits per heavy atom. The largest absolute Gasteiger partial charge is 0.410 e. The second kappa shape index (κ2) is 5.10. The summed E-state index contributed by atoms with van der Waals surface area (Å²) in [5.74, 6) is 0.240. The van der Waals surface area contributed by atoms with Crippen LogP contribution in [0.2, 0.25) is 0 Å². The fourth-order valence-corrected chi connectivity index (χ4v) is 0.985. The van der Waals surface area contributed by atoms with Gasteiger partial charge in [0.05, 0.1) is 0 Å². The van der Waals surface area contributed by atoms with E-state index in [1.165, 1.54) is 11.8 Å². The van der Waals surface area contributed by atoms with Gasteiger partial charge in [0.25, 0.3) is 0 Å². The Hall–Kier alpha value is -0.710. The van der Waals surface area contributed by atoms with Crippen molar-refractivity contribution in [2.24, 2.45) is 10.9 Å². The second-order valence-electron chi connectivity index (χ2n) is 1.68. The van der Waals surface area contributed by atoms with Crippen molar-refractivity contribution in [1.82, 2.24) is 0 Å². The molecular weight excluding hydrogens is 152 g/mol. The number of amides is 1. The normalized spacial score (nSPS) is 11.5. The predicted molar refractivity (Wildman–Crippen MR) is 41.2 cm³/mol. The van der Waals surface area contributed by atoms with E-state index < -0.39 is 0 Å². The van der Waals surface area contributed by atoms with E-state index in [4.69, 9.17) is 10.9 Å². The summed E-state index contributed by atoms with van der Waals surface area (Å²) in [5, 5.41) is 11.6. The number of nitrogens with two attached hydrogens (primary N) is 1. The first kappa shape index (κ1) is 9.29. The molecule has 58 valence electrons. The lowest BCUT2D eigenvalue weighted by molar-refractivity contribution is -0.117. The zero-order chi connectivity index (χ0) is 7.98.